The maximum absolute atomic E-state index is 5.43. The minimum Gasteiger partial charge on any atom is -0.377 e. The molecule has 4 nitrogen and oxygen atoms in total. The lowest BCUT2D eigenvalue weighted by Gasteiger charge is -2.24. The third kappa shape index (κ3) is 3.52. The molecule has 0 fully saturated rings. The Morgan fingerprint density at radius 3 is 2.62 bits per heavy atom. The molecule has 0 bridgehead atoms. The molecular weight excluding hydrogens is 202 g/mol. The molecule has 0 aliphatic rings. The summed E-state index contributed by atoms with van der Waals surface area (Å²) in [5.74, 6) is 0.914. The van der Waals surface area contributed by atoms with Crippen molar-refractivity contribution in [1.29, 1.82) is 0 Å². The molecule has 0 atom stereocenters. The Morgan fingerprint density at radius 1 is 1.50 bits per heavy atom. The number of nitrogens with zero attached hydrogens (tertiary/aromatic N) is 2. The molecule has 0 radical (unpaired) electrons. The van der Waals surface area contributed by atoms with Crippen molar-refractivity contribution in [1.82, 2.24) is 9.55 Å². The van der Waals surface area contributed by atoms with Gasteiger partial charge in [-0.25, -0.2) is 4.98 Å². The zero-order valence-corrected chi connectivity index (χ0v) is 11.2. The van der Waals surface area contributed by atoms with E-state index in [2.05, 4.69) is 42.6 Å². The molecular formula is C12H23N3O. The molecule has 0 amide bonds. The molecule has 0 aromatic carbocycles. The van der Waals surface area contributed by atoms with Gasteiger partial charge in [0.1, 0.15) is 0 Å². The molecule has 92 valence electrons. The van der Waals surface area contributed by atoms with Crippen molar-refractivity contribution in [3.63, 3.8) is 0 Å². The summed E-state index contributed by atoms with van der Waals surface area (Å²) < 4.78 is 7.54. The second-order valence-corrected chi connectivity index (χ2v) is 5.10. The van der Waals surface area contributed by atoms with Crippen molar-refractivity contribution < 1.29 is 4.74 Å². The van der Waals surface area contributed by atoms with Crippen LogP contribution in [-0.4, -0.2) is 28.3 Å². The summed E-state index contributed by atoms with van der Waals surface area (Å²) in [7, 11) is 1.74. The van der Waals surface area contributed by atoms with Crippen LogP contribution in [0, 0.1) is 6.92 Å². The third-order valence-electron chi connectivity index (χ3n) is 2.42. The van der Waals surface area contributed by atoms with Crippen molar-refractivity contribution in [3.8, 4) is 0 Å². The number of imidazole rings is 1. The van der Waals surface area contributed by atoms with Crippen LogP contribution in [0.4, 0.5) is 5.95 Å². The highest BCUT2D eigenvalue weighted by molar-refractivity contribution is 5.29. The van der Waals surface area contributed by atoms with E-state index in [9.17, 15) is 0 Å². The quantitative estimate of drug-likeness (QED) is 0.836. The minimum atomic E-state index is -0.180. The third-order valence-corrected chi connectivity index (χ3v) is 2.42. The molecule has 0 unspecified atom stereocenters. The summed E-state index contributed by atoms with van der Waals surface area (Å²) in [6, 6.07) is 0.381. The fourth-order valence-electron chi connectivity index (χ4n) is 1.52. The molecule has 1 N–H and O–H groups in total. The average molecular weight is 225 g/mol. The van der Waals surface area contributed by atoms with E-state index in [1.165, 1.54) is 0 Å². The minimum absolute atomic E-state index is 0.180. The molecule has 0 saturated carbocycles. The first kappa shape index (κ1) is 13.0. The van der Waals surface area contributed by atoms with Crippen LogP contribution in [0.5, 0.6) is 0 Å². The number of aryl methyl sites for hydroxylation is 1. The van der Waals surface area contributed by atoms with E-state index < -0.39 is 0 Å². The monoisotopic (exact) mass is 225 g/mol. The van der Waals surface area contributed by atoms with Gasteiger partial charge in [0.05, 0.1) is 17.8 Å². The van der Waals surface area contributed by atoms with Crippen molar-refractivity contribution in [2.75, 3.05) is 12.4 Å². The Morgan fingerprint density at radius 2 is 2.12 bits per heavy atom. The molecule has 1 heterocycles. The van der Waals surface area contributed by atoms with Crippen molar-refractivity contribution in [2.24, 2.45) is 0 Å². The zero-order chi connectivity index (χ0) is 12.3. The highest BCUT2D eigenvalue weighted by Gasteiger charge is 2.19. The van der Waals surface area contributed by atoms with E-state index in [-0.39, 0.29) is 5.60 Å². The van der Waals surface area contributed by atoms with Gasteiger partial charge >= 0.3 is 0 Å². The number of anilines is 1. The molecule has 1 rings (SSSR count). The van der Waals surface area contributed by atoms with Crippen LogP contribution >= 0.6 is 0 Å². The van der Waals surface area contributed by atoms with Crippen LogP contribution in [0.25, 0.3) is 0 Å². The van der Waals surface area contributed by atoms with Crippen LogP contribution < -0.4 is 5.32 Å². The van der Waals surface area contributed by atoms with E-state index in [1.54, 1.807) is 7.11 Å². The van der Waals surface area contributed by atoms with Gasteiger partial charge in [-0.1, -0.05) is 0 Å². The van der Waals surface area contributed by atoms with Gasteiger partial charge in [-0.05, 0) is 34.6 Å². The van der Waals surface area contributed by atoms with Gasteiger partial charge in [0.15, 0.2) is 0 Å². The number of methoxy groups -OCH3 is 1. The van der Waals surface area contributed by atoms with Gasteiger partial charge in [0.25, 0.3) is 0 Å². The van der Waals surface area contributed by atoms with E-state index in [1.807, 2.05) is 13.1 Å². The molecule has 16 heavy (non-hydrogen) atoms. The smallest absolute Gasteiger partial charge is 0.203 e. The van der Waals surface area contributed by atoms with Gasteiger partial charge < -0.3 is 14.6 Å². The molecule has 1 aromatic rings. The number of nitrogens with one attached hydrogen (secondary N) is 1. The summed E-state index contributed by atoms with van der Waals surface area (Å²) in [6.07, 6.45) is 2.05. The van der Waals surface area contributed by atoms with Crippen LogP contribution in [-0.2, 0) is 11.3 Å². The van der Waals surface area contributed by atoms with Crippen LogP contribution in [0.1, 0.15) is 33.4 Å². The topological polar surface area (TPSA) is 39.1 Å². The van der Waals surface area contributed by atoms with Gasteiger partial charge in [-0.15, -0.1) is 0 Å². The van der Waals surface area contributed by atoms with Crippen molar-refractivity contribution in [2.45, 2.75) is 52.8 Å². The number of aromatic nitrogens is 2. The molecule has 4 heteroatoms. The number of rotatable bonds is 5. The van der Waals surface area contributed by atoms with Gasteiger partial charge in [0, 0.05) is 19.3 Å². The highest BCUT2D eigenvalue weighted by atomic mass is 16.5. The summed E-state index contributed by atoms with van der Waals surface area (Å²) in [5.41, 5.74) is 0.843. The Hall–Kier alpha value is -1.03. The highest BCUT2D eigenvalue weighted by Crippen LogP contribution is 2.17. The lowest BCUT2D eigenvalue weighted by atomic mass is 10.1. The number of ether oxygens (including phenoxy) is 1. The average Bonchev–Trinajstić information content (AvgIpc) is 2.44. The predicted octanol–water partition coefficient (Wildman–Crippen LogP) is 2.44. The Balaban J connectivity index is 2.86. The Bertz CT molecular complexity index is 342. The SMILES string of the molecule is COC(C)(C)Cn1cc(C)nc1NC(C)C. The first-order valence-electron chi connectivity index (χ1n) is 5.69. The fourth-order valence-corrected chi connectivity index (χ4v) is 1.52. The lowest BCUT2D eigenvalue weighted by Crippen LogP contribution is -2.30. The molecule has 0 aliphatic heterocycles. The first-order chi connectivity index (χ1) is 7.34. The fraction of sp³-hybridized carbons (Fsp3) is 0.750. The Labute approximate surface area is 98.0 Å². The number of hydrogen-bond donors (Lipinski definition) is 1. The van der Waals surface area contributed by atoms with Crippen LogP contribution in [0.2, 0.25) is 0 Å². The maximum atomic E-state index is 5.43. The Kier molecular flexibility index (Phi) is 3.97. The second kappa shape index (κ2) is 4.87. The molecule has 0 saturated heterocycles. The number of hydrogen-bond acceptors (Lipinski definition) is 3. The van der Waals surface area contributed by atoms with E-state index in [0.29, 0.717) is 6.04 Å². The normalized spacial score (nSPS) is 12.2. The van der Waals surface area contributed by atoms with Gasteiger partial charge in [0.2, 0.25) is 5.95 Å². The zero-order valence-electron chi connectivity index (χ0n) is 11.2. The summed E-state index contributed by atoms with van der Waals surface area (Å²) >= 11 is 0. The van der Waals surface area contributed by atoms with E-state index >= 15 is 0 Å². The van der Waals surface area contributed by atoms with E-state index in [4.69, 9.17) is 4.74 Å². The van der Waals surface area contributed by atoms with Crippen LogP contribution in [0.3, 0.4) is 0 Å². The van der Waals surface area contributed by atoms with Crippen LogP contribution in [0.15, 0.2) is 6.20 Å². The summed E-state index contributed by atoms with van der Waals surface area (Å²) in [4.78, 5) is 4.47. The van der Waals surface area contributed by atoms with E-state index in [0.717, 1.165) is 18.2 Å². The standard InChI is InChI=1S/C12H23N3O/c1-9(2)13-11-14-10(3)7-15(11)8-12(4,5)16-6/h7,9H,8H2,1-6H3,(H,13,14). The molecule has 0 aliphatic carbocycles. The largest absolute Gasteiger partial charge is 0.377 e. The predicted molar refractivity (Wildman–Crippen MR) is 66.8 cm³/mol. The van der Waals surface area contributed by atoms with Gasteiger partial charge in [-0.2, -0.15) is 0 Å². The van der Waals surface area contributed by atoms with Gasteiger partial charge in [-0.3, -0.25) is 0 Å². The maximum Gasteiger partial charge on any atom is 0.203 e. The van der Waals surface area contributed by atoms with Crippen molar-refractivity contribution in [3.05, 3.63) is 11.9 Å². The summed E-state index contributed by atoms with van der Waals surface area (Å²) in [5, 5.41) is 3.34. The lowest BCUT2D eigenvalue weighted by molar-refractivity contribution is 0.00855. The second-order valence-electron chi connectivity index (χ2n) is 5.10. The van der Waals surface area contributed by atoms with Crippen molar-refractivity contribution >= 4 is 5.95 Å². The first-order valence-corrected chi connectivity index (χ1v) is 5.69. The summed E-state index contributed by atoms with van der Waals surface area (Å²) in [6.45, 7) is 11.1. The molecule has 0 spiro atoms. The molecule has 1 aromatic heterocycles.